The third kappa shape index (κ3) is 6.41. The summed E-state index contributed by atoms with van der Waals surface area (Å²) < 4.78 is 6.05. The summed E-state index contributed by atoms with van der Waals surface area (Å²) in [4.78, 5) is 45.9. The van der Waals surface area contributed by atoms with Crippen molar-refractivity contribution in [3.63, 3.8) is 0 Å². The number of nitrogens with zero attached hydrogens (tertiary/aromatic N) is 3. The molecule has 47 heavy (non-hydrogen) atoms. The molecule has 0 bridgehead atoms. The Morgan fingerprint density at radius 3 is 1.83 bits per heavy atom. The summed E-state index contributed by atoms with van der Waals surface area (Å²) >= 11 is 5.79. The summed E-state index contributed by atoms with van der Waals surface area (Å²) in [5, 5.41) is 13.8. The average molecular weight is 660 g/mol. The molecule has 0 saturated carbocycles. The molecule has 0 aliphatic carbocycles. The van der Waals surface area contributed by atoms with Crippen LogP contribution >= 0.6 is 19.1 Å². The van der Waals surface area contributed by atoms with E-state index < -0.39 is 23.8 Å². The average Bonchev–Trinajstić information content (AvgIpc) is 3.12. The molecule has 1 atom stereocenters. The van der Waals surface area contributed by atoms with Gasteiger partial charge in [0.05, 0.1) is 16.7 Å². The molecular formula is C37H30N3O5PS. The van der Waals surface area contributed by atoms with E-state index >= 15 is 0 Å². The van der Waals surface area contributed by atoms with Gasteiger partial charge in [-0.1, -0.05) is 109 Å². The number of esters is 1. The third-order valence-electron chi connectivity index (χ3n) is 8.09. The van der Waals surface area contributed by atoms with E-state index in [0.29, 0.717) is 22.5 Å². The SMILES string of the molecule is O=C(OCc1ccc([N+](=O)[O-])cc1)C(N1C(=O)CC1CC(=S)c1ccccn1)=P(c1ccccc1)(c1ccccc1)c1ccccc1. The number of ether oxygens (including phenoxy) is 1. The Labute approximate surface area is 277 Å². The topological polar surface area (TPSA) is 103 Å². The van der Waals surface area contributed by atoms with Gasteiger partial charge in [-0.25, -0.2) is 4.79 Å². The number of rotatable bonds is 11. The van der Waals surface area contributed by atoms with Crippen LogP contribution in [-0.2, 0) is 20.9 Å². The maximum Gasteiger partial charge on any atom is 0.356 e. The van der Waals surface area contributed by atoms with Gasteiger partial charge in [0.15, 0.2) is 0 Å². The molecule has 2 heterocycles. The molecule has 6 rings (SSSR count). The van der Waals surface area contributed by atoms with Crippen molar-refractivity contribution < 1.29 is 19.2 Å². The highest BCUT2D eigenvalue weighted by molar-refractivity contribution is 7.96. The molecule has 1 aliphatic heterocycles. The monoisotopic (exact) mass is 659 g/mol. The molecule has 1 fully saturated rings. The number of pyridine rings is 1. The Balaban J connectivity index is 1.57. The van der Waals surface area contributed by atoms with E-state index in [1.807, 2.05) is 109 Å². The molecule has 10 heteroatoms. The first-order chi connectivity index (χ1) is 22.9. The number of hydrogen-bond acceptors (Lipinski definition) is 7. The lowest BCUT2D eigenvalue weighted by atomic mass is 9.96. The molecule has 234 valence electrons. The van der Waals surface area contributed by atoms with Crippen LogP contribution in [0.1, 0.15) is 24.1 Å². The van der Waals surface area contributed by atoms with Crippen molar-refractivity contribution in [1.29, 1.82) is 0 Å². The fourth-order valence-corrected chi connectivity index (χ4v) is 10.6. The first-order valence-corrected chi connectivity index (χ1v) is 17.2. The number of thiocarbonyl (C=S) groups is 1. The predicted molar refractivity (Wildman–Crippen MR) is 189 cm³/mol. The van der Waals surface area contributed by atoms with Crippen molar-refractivity contribution in [1.82, 2.24) is 9.88 Å². The number of benzene rings is 4. The molecule has 0 radical (unpaired) electrons. The molecular weight excluding hydrogens is 629 g/mol. The second-order valence-corrected chi connectivity index (χ2v) is 14.8. The maximum atomic E-state index is 14.8. The quantitative estimate of drug-likeness (QED) is 0.0348. The number of aromatic nitrogens is 1. The van der Waals surface area contributed by atoms with Gasteiger partial charge in [-0.3, -0.25) is 19.9 Å². The summed E-state index contributed by atoms with van der Waals surface area (Å²) in [5.74, 6) is -0.844. The number of carbonyl (C=O) groups excluding carboxylic acids is 2. The van der Waals surface area contributed by atoms with Crippen molar-refractivity contribution in [3.8, 4) is 0 Å². The van der Waals surface area contributed by atoms with Gasteiger partial charge in [-0.15, -0.1) is 0 Å². The van der Waals surface area contributed by atoms with Gasteiger partial charge in [0.25, 0.3) is 5.69 Å². The summed E-state index contributed by atoms with van der Waals surface area (Å²) in [6.45, 7) is -3.22. The fraction of sp³-hybridized carbons (Fsp3) is 0.108. The molecule has 1 unspecified atom stereocenters. The summed E-state index contributed by atoms with van der Waals surface area (Å²) in [6, 6.07) is 40.3. The molecule has 1 aliphatic rings. The summed E-state index contributed by atoms with van der Waals surface area (Å²) in [6.07, 6.45) is 2.23. The van der Waals surface area contributed by atoms with Crippen LogP contribution in [0.5, 0.6) is 0 Å². The van der Waals surface area contributed by atoms with Gasteiger partial charge < -0.3 is 9.64 Å². The van der Waals surface area contributed by atoms with E-state index in [1.165, 1.54) is 12.1 Å². The fourth-order valence-electron chi connectivity index (χ4n) is 5.88. The smallest absolute Gasteiger partial charge is 0.356 e. The zero-order valence-corrected chi connectivity index (χ0v) is 26.9. The van der Waals surface area contributed by atoms with Gasteiger partial charge in [0.1, 0.15) is 12.0 Å². The number of likely N-dealkylation sites (tertiary alicyclic amines) is 1. The normalized spacial score (nSPS) is 14.2. The number of amides is 1. The van der Waals surface area contributed by atoms with Gasteiger partial charge in [0, 0.05) is 42.9 Å². The van der Waals surface area contributed by atoms with Gasteiger partial charge in [0.2, 0.25) is 5.91 Å². The Bertz CT molecular complexity index is 1870. The molecule has 0 N–H and O–H groups in total. The molecule has 0 spiro atoms. The molecule has 1 saturated heterocycles. The van der Waals surface area contributed by atoms with Gasteiger partial charge in [-0.2, -0.15) is 0 Å². The van der Waals surface area contributed by atoms with Crippen LogP contribution in [0, 0.1) is 10.1 Å². The Hall–Kier alpha value is -5.24. The minimum atomic E-state index is -3.07. The van der Waals surface area contributed by atoms with E-state index in [4.69, 9.17) is 17.0 Å². The van der Waals surface area contributed by atoms with Crippen LogP contribution in [-0.4, -0.2) is 43.0 Å². The second kappa shape index (κ2) is 14.0. The largest absolute Gasteiger partial charge is 0.456 e. The van der Waals surface area contributed by atoms with Crippen molar-refractivity contribution in [2.45, 2.75) is 25.5 Å². The first-order valence-electron chi connectivity index (χ1n) is 15.0. The third-order valence-corrected chi connectivity index (χ3v) is 12.7. The highest BCUT2D eigenvalue weighted by Crippen LogP contribution is 2.49. The number of carbonyl (C=O) groups is 2. The molecule has 5 aromatic rings. The van der Waals surface area contributed by atoms with E-state index in [-0.39, 0.29) is 30.0 Å². The number of hydrogen-bond donors (Lipinski definition) is 0. The van der Waals surface area contributed by atoms with Crippen molar-refractivity contribution in [2.75, 3.05) is 0 Å². The van der Waals surface area contributed by atoms with Crippen LogP contribution < -0.4 is 15.9 Å². The Morgan fingerprint density at radius 2 is 1.36 bits per heavy atom. The molecule has 8 nitrogen and oxygen atoms in total. The molecule has 4 aromatic carbocycles. The lowest BCUT2D eigenvalue weighted by Gasteiger charge is -2.45. The standard InChI is InChI=1S/C37H30N3O5PS/c41-35-25-29(24-34(47)33-18-10-11-23-38-33)39(35)36(37(42)45-26-27-19-21-28(22-20-27)40(43)44)46(30-12-4-1-5-13-30,31-14-6-2-7-15-31)32-16-8-3-9-17-32/h1-23,29H,24-26H2. The van der Waals surface area contributed by atoms with Crippen LogP contribution in [0.2, 0.25) is 0 Å². The van der Waals surface area contributed by atoms with E-state index in [9.17, 15) is 19.7 Å². The Morgan fingerprint density at radius 1 is 0.830 bits per heavy atom. The zero-order valence-electron chi connectivity index (χ0n) is 25.2. The molecule has 1 aromatic heterocycles. The number of nitro benzene ring substituents is 1. The first kappa shape index (κ1) is 31.7. The predicted octanol–water partition coefficient (Wildman–Crippen LogP) is 5.57. The lowest BCUT2D eigenvalue weighted by molar-refractivity contribution is -0.384. The van der Waals surface area contributed by atoms with E-state index in [1.54, 1.807) is 23.2 Å². The van der Waals surface area contributed by atoms with E-state index in [0.717, 1.165) is 15.9 Å². The minimum Gasteiger partial charge on any atom is -0.456 e. The van der Waals surface area contributed by atoms with Gasteiger partial charge in [-0.05, 0) is 45.7 Å². The highest BCUT2D eigenvalue weighted by atomic mass is 32.1. The second-order valence-electron chi connectivity index (χ2n) is 11.0. The van der Waals surface area contributed by atoms with Crippen LogP contribution in [0.4, 0.5) is 5.69 Å². The minimum absolute atomic E-state index is 0.0626. The number of non-ortho nitro benzene ring substituents is 1. The maximum absolute atomic E-state index is 14.8. The van der Waals surface area contributed by atoms with Crippen molar-refractivity contribution in [3.05, 3.63) is 161 Å². The van der Waals surface area contributed by atoms with Crippen LogP contribution in [0.15, 0.2) is 140 Å². The zero-order chi connectivity index (χ0) is 32.8. The molecule has 1 amide bonds. The summed E-state index contributed by atoms with van der Waals surface area (Å²) in [5.41, 5.74) is 1.42. The highest BCUT2D eigenvalue weighted by Gasteiger charge is 2.47. The summed E-state index contributed by atoms with van der Waals surface area (Å²) in [7, 11) is 0. The Kier molecular flexibility index (Phi) is 9.47. The van der Waals surface area contributed by atoms with Crippen molar-refractivity contribution in [2.24, 2.45) is 0 Å². The number of nitro groups is 1. The van der Waals surface area contributed by atoms with Crippen molar-refractivity contribution >= 4 is 62.9 Å². The lowest BCUT2D eigenvalue weighted by Crippen LogP contribution is -2.60. The number of β-lactam (4-membered cyclic amide) rings is 1. The van der Waals surface area contributed by atoms with E-state index in [2.05, 4.69) is 4.98 Å². The van der Waals surface area contributed by atoms with Crippen LogP contribution in [0.25, 0.3) is 0 Å². The van der Waals surface area contributed by atoms with Gasteiger partial charge >= 0.3 is 5.97 Å². The van der Waals surface area contributed by atoms with Crippen LogP contribution in [0.3, 0.4) is 0 Å².